The minimum absolute atomic E-state index is 0.126. The van der Waals surface area contributed by atoms with Crippen LogP contribution in [0.4, 0.5) is 17.6 Å². The Labute approximate surface area is 185 Å². The molecule has 32 heavy (non-hydrogen) atoms. The average molecular weight is 449 g/mol. The molecule has 1 aromatic carbocycles. The molecular weight excluding hydrogens is 422 g/mol. The van der Waals surface area contributed by atoms with Gasteiger partial charge in [-0.3, -0.25) is 4.79 Å². The molecule has 172 valence electrons. The third-order valence-corrected chi connectivity index (χ3v) is 6.50. The zero-order chi connectivity index (χ0) is 23.1. The first kappa shape index (κ1) is 24.0. The molecule has 2 aliphatic rings. The number of carbonyl (C=O) groups is 1. The molecule has 0 heterocycles. The van der Waals surface area contributed by atoms with E-state index in [9.17, 15) is 22.4 Å². The molecule has 0 bridgehead atoms. The third kappa shape index (κ3) is 6.69. The highest BCUT2D eigenvalue weighted by atomic mass is 19.4. The van der Waals surface area contributed by atoms with Gasteiger partial charge in [-0.25, -0.2) is 0 Å². The summed E-state index contributed by atoms with van der Waals surface area (Å²) in [5, 5.41) is 8.40. The molecule has 0 aromatic heterocycles. The molecule has 0 unspecified atom stereocenters. The van der Waals surface area contributed by atoms with Gasteiger partial charge in [-0.15, -0.1) is 0 Å². The van der Waals surface area contributed by atoms with Crippen molar-refractivity contribution in [2.45, 2.75) is 69.6 Å². The van der Waals surface area contributed by atoms with E-state index in [1.165, 1.54) is 6.07 Å². The van der Waals surface area contributed by atoms with Crippen molar-refractivity contribution >= 4 is 5.97 Å². The molecule has 0 atom stereocenters. The van der Waals surface area contributed by atoms with Crippen LogP contribution in [-0.2, 0) is 15.7 Å². The van der Waals surface area contributed by atoms with Crippen LogP contribution < -0.4 is 0 Å². The lowest BCUT2D eigenvalue weighted by Crippen LogP contribution is -2.29. The van der Waals surface area contributed by atoms with E-state index in [4.69, 9.17) is 10.00 Å². The first-order valence-corrected chi connectivity index (χ1v) is 11.1. The fraction of sp³-hybridized carbons (Fsp3) is 0.520. The topological polar surface area (TPSA) is 50.1 Å². The molecule has 3 nitrogen and oxygen atoms in total. The quantitative estimate of drug-likeness (QED) is 0.210. The minimum atomic E-state index is -4.33. The Balaban J connectivity index is 1.41. The second-order valence-electron chi connectivity index (χ2n) is 8.65. The van der Waals surface area contributed by atoms with E-state index in [-0.39, 0.29) is 29.8 Å². The Morgan fingerprint density at radius 1 is 1.00 bits per heavy atom. The Morgan fingerprint density at radius 2 is 1.62 bits per heavy atom. The fourth-order valence-corrected chi connectivity index (χ4v) is 4.60. The van der Waals surface area contributed by atoms with Crippen molar-refractivity contribution < 1.29 is 27.1 Å². The molecule has 3 rings (SSSR count). The van der Waals surface area contributed by atoms with Crippen LogP contribution in [0.5, 0.6) is 0 Å². The van der Waals surface area contributed by atoms with E-state index in [1.54, 1.807) is 18.2 Å². The van der Waals surface area contributed by atoms with Gasteiger partial charge in [0.25, 0.3) is 0 Å². The Bertz CT molecular complexity index is 867. The van der Waals surface area contributed by atoms with Crippen molar-refractivity contribution in [3.05, 3.63) is 59.4 Å². The second-order valence-corrected chi connectivity index (χ2v) is 8.65. The van der Waals surface area contributed by atoms with Crippen molar-refractivity contribution in [1.29, 1.82) is 5.26 Å². The molecule has 2 fully saturated rings. The Morgan fingerprint density at radius 3 is 2.19 bits per heavy atom. The van der Waals surface area contributed by atoms with E-state index < -0.39 is 17.6 Å². The lowest BCUT2D eigenvalue weighted by molar-refractivity contribution is -0.157. The Hall–Kier alpha value is -2.62. The van der Waals surface area contributed by atoms with Gasteiger partial charge in [0.15, 0.2) is 5.83 Å². The number of nitriles is 1. The molecule has 0 amide bonds. The van der Waals surface area contributed by atoms with Crippen molar-refractivity contribution in [1.82, 2.24) is 0 Å². The fourth-order valence-electron chi connectivity index (χ4n) is 4.60. The van der Waals surface area contributed by atoms with Crippen LogP contribution in [0, 0.1) is 23.2 Å². The van der Waals surface area contributed by atoms with Gasteiger partial charge >= 0.3 is 12.1 Å². The van der Waals surface area contributed by atoms with Gasteiger partial charge < -0.3 is 4.74 Å². The number of halogens is 4. The summed E-state index contributed by atoms with van der Waals surface area (Å²) in [5.74, 6) is -0.665. The van der Waals surface area contributed by atoms with Crippen molar-refractivity contribution in [3.63, 3.8) is 0 Å². The summed E-state index contributed by atoms with van der Waals surface area (Å²) < 4.78 is 56.7. The molecule has 0 spiro atoms. The Kier molecular flexibility index (Phi) is 8.11. The number of nitrogens with zero attached hydrogens (tertiary/aromatic N) is 1. The SMILES string of the molecule is N#CC(F)=CC=CC1CCC(C(=O)OC2CCC(c3ccc(C(F)(F)F)cc3)CC2)CC1. The lowest BCUT2D eigenvalue weighted by Gasteiger charge is -2.31. The number of carbonyl (C=O) groups excluding carboxylic acids is 1. The van der Waals surface area contributed by atoms with Gasteiger partial charge in [0.05, 0.1) is 11.5 Å². The number of rotatable bonds is 5. The largest absolute Gasteiger partial charge is 0.462 e. The standard InChI is InChI=1S/C25H27F4NO2/c26-22(16-30)3-1-2-17-4-6-20(7-5-17)24(31)32-23-14-10-19(11-15-23)18-8-12-21(13-9-18)25(27,28)29/h1-3,8-9,12-13,17,19-20,23H,4-7,10-11,14-15H2. The van der Waals surface area contributed by atoms with Crippen LogP contribution in [0.1, 0.15) is 68.4 Å². The summed E-state index contributed by atoms with van der Waals surface area (Å²) in [4.78, 5) is 12.6. The molecule has 7 heteroatoms. The number of benzene rings is 1. The monoisotopic (exact) mass is 449 g/mol. The highest BCUT2D eigenvalue weighted by molar-refractivity contribution is 5.72. The van der Waals surface area contributed by atoms with E-state index in [0.717, 1.165) is 62.3 Å². The maximum atomic E-state index is 12.8. The summed E-state index contributed by atoms with van der Waals surface area (Å²) in [7, 11) is 0. The average Bonchev–Trinajstić information content (AvgIpc) is 2.79. The number of alkyl halides is 3. The predicted molar refractivity (Wildman–Crippen MR) is 112 cm³/mol. The zero-order valence-corrected chi connectivity index (χ0v) is 17.8. The van der Waals surface area contributed by atoms with E-state index >= 15 is 0 Å². The van der Waals surface area contributed by atoms with Crippen LogP contribution >= 0.6 is 0 Å². The van der Waals surface area contributed by atoms with Crippen molar-refractivity contribution in [2.24, 2.45) is 11.8 Å². The third-order valence-electron chi connectivity index (χ3n) is 6.50. The molecular formula is C25H27F4NO2. The zero-order valence-electron chi connectivity index (χ0n) is 17.8. The smallest absolute Gasteiger partial charge is 0.416 e. The normalized spacial score (nSPS) is 27.2. The summed E-state index contributed by atoms with van der Waals surface area (Å²) in [6.07, 6.45) is 6.19. The van der Waals surface area contributed by atoms with Gasteiger partial charge in [0.1, 0.15) is 12.2 Å². The van der Waals surface area contributed by atoms with Crippen molar-refractivity contribution in [2.75, 3.05) is 0 Å². The van der Waals surface area contributed by atoms with Gasteiger partial charge in [-0.1, -0.05) is 24.3 Å². The van der Waals surface area contributed by atoms with E-state index in [0.29, 0.717) is 12.8 Å². The van der Waals surface area contributed by atoms with Crippen LogP contribution in [0.25, 0.3) is 0 Å². The maximum absolute atomic E-state index is 12.8. The first-order valence-electron chi connectivity index (χ1n) is 11.1. The van der Waals surface area contributed by atoms with Crippen molar-refractivity contribution in [3.8, 4) is 6.07 Å². The lowest BCUT2D eigenvalue weighted by atomic mass is 9.81. The van der Waals surface area contributed by atoms with E-state index in [1.807, 2.05) is 6.08 Å². The number of allylic oxidation sites excluding steroid dienone is 4. The molecule has 2 saturated carbocycles. The second kappa shape index (κ2) is 10.8. The summed E-state index contributed by atoms with van der Waals surface area (Å²) in [6, 6.07) is 6.79. The van der Waals surface area contributed by atoms with Crippen LogP contribution in [-0.4, -0.2) is 12.1 Å². The van der Waals surface area contributed by atoms with Crippen LogP contribution in [0.15, 0.2) is 48.3 Å². The maximum Gasteiger partial charge on any atom is 0.416 e. The molecule has 1 aromatic rings. The number of hydrogen-bond donors (Lipinski definition) is 0. The molecule has 0 saturated heterocycles. The first-order chi connectivity index (χ1) is 15.3. The van der Waals surface area contributed by atoms with Gasteiger partial charge in [-0.2, -0.15) is 22.8 Å². The molecule has 0 aliphatic heterocycles. The van der Waals surface area contributed by atoms with Gasteiger partial charge in [0, 0.05) is 0 Å². The highest BCUT2D eigenvalue weighted by Crippen LogP contribution is 2.37. The molecule has 0 N–H and O–H groups in total. The number of esters is 1. The van der Waals surface area contributed by atoms with Gasteiger partial charge in [-0.05, 0) is 87.0 Å². The predicted octanol–water partition coefficient (Wildman–Crippen LogP) is 7.01. The van der Waals surface area contributed by atoms with E-state index in [2.05, 4.69) is 0 Å². The summed E-state index contributed by atoms with van der Waals surface area (Å²) >= 11 is 0. The minimum Gasteiger partial charge on any atom is -0.462 e. The number of hydrogen-bond acceptors (Lipinski definition) is 3. The van der Waals surface area contributed by atoms with Gasteiger partial charge in [0.2, 0.25) is 0 Å². The molecule has 2 aliphatic carbocycles. The van der Waals surface area contributed by atoms with Crippen LogP contribution in [0.2, 0.25) is 0 Å². The summed E-state index contributed by atoms with van der Waals surface area (Å²) in [5.41, 5.74) is 0.263. The number of ether oxygens (including phenoxy) is 1. The summed E-state index contributed by atoms with van der Waals surface area (Å²) in [6.45, 7) is 0. The molecule has 0 radical (unpaired) electrons. The highest BCUT2D eigenvalue weighted by Gasteiger charge is 2.32. The van der Waals surface area contributed by atoms with Crippen LogP contribution in [0.3, 0.4) is 0 Å².